The number of aromatic nitrogens is 4. The summed E-state index contributed by atoms with van der Waals surface area (Å²) >= 11 is 0. The van der Waals surface area contributed by atoms with Gasteiger partial charge in [0.2, 0.25) is 0 Å². The Hall–Kier alpha value is -1.56. The summed E-state index contributed by atoms with van der Waals surface area (Å²) < 4.78 is 18.4. The van der Waals surface area contributed by atoms with Gasteiger partial charge in [0.25, 0.3) is 0 Å². The summed E-state index contributed by atoms with van der Waals surface area (Å²) in [6.07, 6.45) is -0.722. The van der Waals surface area contributed by atoms with Crippen LogP contribution >= 0.6 is 7.82 Å². The van der Waals surface area contributed by atoms with Crippen molar-refractivity contribution in [2.75, 3.05) is 12.3 Å². The van der Waals surface area contributed by atoms with Crippen molar-refractivity contribution >= 4 is 32.4 Å². The minimum absolute atomic E-state index is 0.0893. The standard InChI is InChI=1S/C10H15BN5O6P/c11-23(19)20-1-4-7(22-23)6(17)10(21-4)15-2-13-5-8(12)16(18)3-14-9(5)15/h2-4,6-7,10,17,19,23H,1,11-12H2/t4-,6?,7+,10-/m1/s1. The van der Waals surface area contributed by atoms with Gasteiger partial charge in [0.05, 0.1) is 0 Å². The quantitative estimate of drug-likeness (QED) is 0.218. The van der Waals surface area contributed by atoms with Gasteiger partial charge in [0.1, 0.15) is 0 Å². The van der Waals surface area contributed by atoms with Crippen LogP contribution in [0.5, 0.6) is 0 Å². The number of anilines is 1. The maximum atomic E-state index is 11.4. The molecule has 2 saturated heterocycles. The SMILES string of the molecule is B[PH]1(O)OC[C@H]2O[C@@H](n3cnc4c(N)[n+]([O-])cnc43)C(O)[C@H]2O1. The average Bonchev–Trinajstić information content (AvgIpc) is 3.05. The Morgan fingerprint density at radius 2 is 2.30 bits per heavy atom. The predicted octanol–water partition coefficient (Wildman–Crippen LogP) is -2.64. The van der Waals surface area contributed by atoms with Gasteiger partial charge in [-0.3, -0.25) is 0 Å². The van der Waals surface area contributed by atoms with Crippen LogP contribution in [-0.4, -0.2) is 57.0 Å². The van der Waals surface area contributed by atoms with Gasteiger partial charge in [-0.1, -0.05) is 0 Å². The molecule has 0 aliphatic carbocycles. The molecule has 2 aliphatic rings. The molecule has 0 radical (unpaired) electrons. The zero-order valence-corrected chi connectivity index (χ0v) is 13.1. The van der Waals surface area contributed by atoms with Crippen LogP contribution in [0.2, 0.25) is 0 Å². The van der Waals surface area contributed by atoms with E-state index in [-0.39, 0.29) is 17.9 Å². The van der Waals surface area contributed by atoms with Crippen molar-refractivity contribution < 1.29 is 28.5 Å². The van der Waals surface area contributed by atoms with Crippen molar-refractivity contribution in [3.05, 3.63) is 17.9 Å². The molecule has 13 heteroatoms. The van der Waals surface area contributed by atoms with Crippen LogP contribution in [0.1, 0.15) is 6.23 Å². The number of aliphatic hydroxyl groups excluding tert-OH is 1. The third-order valence-electron chi connectivity index (χ3n) is 3.99. The molecule has 2 aromatic rings. The second-order valence-corrected chi connectivity index (χ2v) is 7.95. The van der Waals surface area contributed by atoms with Gasteiger partial charge in [0.15, 0.2) is 0 Å². The number of fused-ring (bicyclic) bond motifs is 2. The average molecular weight is 343 g/mol. The number of nitrogens with zero attached hydrogens (tertiary/aromatic N) is 4. The fraction of sp³-hybridized carbons (Fsp3) is 0.500. The fourth-order valence-electron chi connectivity index (χ4n) is 2.88. The third kappa shape index (κ3) is 2.26. The van der Waals surface area contributed by atoms with Gasteiger partial charge >= 0.3 is 130 Å². The molecule has 4 heterocycles. The molecule has 0 saturated carbocycles. The first-order valence-corrected chi connectivity index (χ1v) is 9.21. The van der Waals surface area contributed by atoms with E-state index in [4.69, 9.17) is 19.5 Å². The topological polar surface area (TPSA) is 152 Å². The number of rotatable bonds is 1. The summed E-state index contributed by atoms with van der Waals surface area (Å²) in [5, 5.41) is 21.9. The van der Waals surface area contributed by atoms with Gasteiger partial charge in [-0.05, 0) is 0 Å². The van der Waals surface area contributed by atoms with E-state index in [1.165, 1.54) is 18.5 Å². The molecular formula is C10H15BN5O6P. The van der Waals surface area contributed by atoms with Crippen molar-refractivity contribution in [1.82, 2.24) is 14.5 Å². The fourth-order valence-corrected chi connectivity index (χ4v) is 4.21. The predicted molar refractivity (Wildman–Crippen MR) is 80.7 cm³/mol. The first-order chi connectivity index (χ1) is 10.9. The normalized spacial score (nSPS) is 34.3. The van der Waals surface area contributed by atoms with E-state index in [0.29, 0.717) is 10.4 Å². The summed E-state index contributed by atoms with van der Waals surface area (Å²) in [5.41, 5.74) is 6.20. The van der Waals surface area contributed by atoms with E-state index in [9.17, 15) is 15.2 Å². The summed E-state index contributed by atoms with van der Waals surface area (Å²) in [5.74, 6) is -0.0893. The molecule has 2 fully saturated rings. The molecule has 124 valence electrons. The summed E-state index contributed by atoms with van der Waals surface area (Å²) in [7, 11) is -1.77. The molecule has 4 atom stereocenters. The zero-order chi connectivity index (χ0) is 16.4. The van der Waals surface area contributed by atoms with E-state index in [1.807, 2.05) is 0 Å². The Labute approximate surface area is 131 Å². The van der Waals surface area contributed by atoms with Crippen LogP contribution in [0.15, 0.2) is 12.7 Å². The molecule has 4 rings (SSSR count). The number of hydrogen-bond donors (Lipinski definition) is 3. The van der Waals surface area contributed by atoms with Crippen molar-refractivity contribution in [3.8, 4) is 0 Å². The van der Waals surface area contributed by atoms with Crippen molar-refractivity contribution in [1.29, 1.82) is 0 Å². The van der Waals surface area contributed by atoms with E-state index in [0.717, 1.165) is 6.33 Å². The van der Waals surface area contributed by atoms with Crippen LogP contribution in [0, 0.1) is 5.21 Å². The molecule has 0 aromatic carbocycles. The molecule has 2 aliphatic heterocycles. The maximum absolute atomic E-state index is 11.4. The number of aliphatic hydroxyl groups is 1. The Morgan fingerprint density at radius 3 is 3.09 bits per heavy atom. The number of hydrogen-bond acceptors (Lipinski definition) is 9. The van der Waals surface area contributed by atoms with Crippen molar-refractivity contribution in [2.24, 2.45) is 0 Å². The Balaban J connectivity index is 1.71. The van der Waals surface area contributed by atoms with Gasteiger partial charge < -0.3 is 0 Å². The van der Waals surface area contributed by atoms with Crippen molar-refractivity contribution in [3.63, 3.8) is 0 Å². The summed E-state index contributed by atoms with van der Waals surface area (Å²) in [4.78, 5) is 18.0. The molecule has 0 bridgehead atoms. The second-order valence-electron chi connectivity index (χ2n) is 5.63. The number of nitrogen functional groups attached to an aromatic ring is 1. The molecule has 23 heavy (non-hydrogen) atoms. The monoisotopic (exact) mass is 343 g/mol. The van der Waals surface area contributed by atoms with Crippen LogP contribution in [0.3, 0.4) is 0 Å². The first kappa shape index (κ1) is 15.0. The molecule has 2 aromatic heterocycles. The minimum atomic E-state index is -3.25. The molecule has 0 spiro atoms. The van der Waals surface area contributed by atoms with E-state index in [1.54, 1.807) is 0 Å². The van der Waals surface area contributed by atoms with Crippen LogP contribution in [0.4, 0.5) is 5.82 Å². The first-order valence-electron chi connectivity index (χ1n) is 6.95. The molecular weight excluding hydrogens is 328 g/mol. The van der Waals surface area contributed by atoms with Gasteiger partial charge in [-0.15, -0.1) is 0 Å². The van der Waals surface area contributed by atoms with Gasteiger partial charge in [0, 0.05) is 0 Å². The van der Waals surface area contributed by atoms with Crippen LogP contribution < -0.4 is 10.5 Å². The zero-order valence-electron chi connectivity index (χ0n) is 12.1. The molecule has 0 amide bonds. The van der Waals surface area contributed by atoms with Crippen LogP contribution in [-0.2, 0) is 13.8 Å². The van der Waals surface area contributed by atoms with E-state index < -0.39 is 32.4 Å². The van der Waals surface area contributed by atoms with E-state index in [2.05, 4.69) is 9.97 Å². The molecule has 1 unspecified atom stereocenters. The number of ether oxygens (including phenoxy) is 1. The number of nitrogens with two attached hydrogens (primary N) is 1. The summed E-state index contributed by atoms with van der Waals surface area (Å²) in [6.45, 7) is 0.125. The molecule has 11 nitrogen and oxygen atoms in total. The van der Waals surface area contributed by atoms with Gasteiger partial charge in [-0.25, -0.2) is 0 Å². The second kappa shape index (κ2) is 4.97. The Bertz CT molecular complexity index is 774. The molecule has 4 N–H and O–H groups in total. The van der Waals surface area contributed by atoms with Crippen LogP contribution in [0.25, 0.3) is 11.2 Å². The van der Waals surface area contributed by atoms with Gasteiger partial charge in [-0.2, -0.15) is 0 Å². The number of imidazole rings is 1. The Kier molecular flexibility index (Phi) is 3.24. The van der Waals surface area contributed by atoms with E-state index >= 15 is 0 Å². The van der Waals surface area contributed by atoms with Crippen molar-refractivity contribution in [2.45, 2.75) is 24.5 Å². The third-order valence-corrected chi connectivity index (χ3v) is 5.40. The summed E-state index contributed by atoms with van der Waals surface area (Å²) in [6, 6.07) is 0. The Morgan fingerprint density at radius 1 is 1.52 bits per heavy atom.